The van der Waals surface area contributed by atoms with Gasteiger partial charge in [-0.3, -0.25) is 0 Å². The van der Waals surface area contributed by atoms with Crippen LogP contribution in [0.1, 0.15) is 115 Å². The molecule has 0 bridgehead atoms. The van der Waals surface area contributed by atoms with Crippen LogP contribution in [0, 0.1) is 11.3 Å². The number of rotatable bonds is 16. The fourth-order valence-corrected chi connectivity index (χ4v) is 6.27. The number of ether oxygens (including phenoxy) is 4. The Morgan fingerprint density at radius 1 is 0.731 bits per heavy atom. The molecule has 0 radical (unpaired) electrons. The first-order valence-corrected chi connectivity index (χ1v) is 19.0. The summed E-state index contributed by atoms with van der Waals surface area (Å²) < 4.78 is 23.3. The molecule has 0 unspecified atom stereocenters. The van der Waals surface area contributed by atoms with Gasteiger partial charge in [0.25, 0.3) is 0 Å². The van der Waals surface area contributed by atoms with Crippen LogP contribution >= 0.6 is 0 Å². The van der Waals surface area contributed by atoms with E-state index in [0.717, 1.165) is 41.6 Å². The van der Waals surface area contributed by atoms with Gasteiger partial charge in [0.2, 0.25) is 0 Å². The SMILES string of the molecule is CC(C)(COC(=O)c1ccc(CNCC2CCCCC2)cc1)CN(Cc1ccc(OCCOc2ccc(C(C)(C)C)cc2)cc1)C(=O)OC(C)(C)C. The third kappa shape index (κ3) is 14.2. The Morgan fingerprint density at radius 2 is 1.29 bits per heavy atom. The molecule has 52 heavy (non-hydrogen) atoms. The molecule has 8 heteroatoms. The summed E-state index contributed by atoms with van der Waals surface area (Å²) in [7, 11) is 0. The standard InChI is InChI=1S/C44H62N2O6/c1-42(2,3)37-20-24-39(25-21-37)50-27-26-49-38-22-16-35(17-23-38)30-46(41(48)52-43(4,5)6)31-44(7,8)32-51-40(47)36-18-14-34(15-19-36)29-45-28-33-12-10-9-11-13-33/h14-25,33,45H,9-13,26-32H2,1-8H3. The van der Waals surface area contributed by atoms with Crippen LogP contribution in [0.25, 0.3) is 0 Å². The van der Waals surface area contributed by atoms with Crippen LogP contribution in [0.5, 0.6) is 11.5 Å². The number of nitrogens with one attached hydrogen (secondary N) is 1. The Hall–Kier alpha value is -4.04. The van der Waals surface area contributed by atoms with Crippen LogP contribution < -0.4 is 14.8 Å². The molecular weight excluding hydrogens is 652 g/mol. The summed E-state index contributed by atoms with van der Waals surface area (Å²) >= 11 is 0. The second-order valence-corrected chi connectivity index (χ2v) is 17.0. The highest BCUT2D eigenvalue weighted by Gasteiger charge is 2.30. The first-order chi connectivity index (χ1) is 24.6. The minimum atomic E-state index is -0.655. The van der Waals surface area contributed by atoms with Gasteiger partial charge in [-0.15, -0.1) is 0 Å². The monoisotopic (exact) mass is 714 g/mol. The van der Waals surface area contributed by atoms with Crippen LogP contribution in [0.15, 0.2) is 72.8 Å². The number of benzene rings is 3. The summed E-state index contributed by atoms with van der Waals surface area (Å²) in [5.41, 5.74) is 2.75. The van der Waals surface area contributed by atoms with Gasteiger partial charge in [-0.05, 0) is 105 Å². The molecule has 0 saturated heterocycles. The minimum absolute atomic E-state index is 0.0990. The summed E-state index contributed by atoms with van der Waals surface area (Å²) in [5, 5.41) is 3.58. The van der Waals surface area contributed by atoms with Gasteiger partial charge in [-0.2, -0.15) is 0 Å². The van der Waals surface area contributed by atoms with Gasteiger partial charge >= 0.3 is 12.1 Å². The largest absolute Gasteiger partial charge is 0.490 e. The number of nitrogens with zero attached hydrogens (tertiary/aromatic N) is 1. The highest BCUT2D eigenvalue weighted by Crippen LogP contribution is 2.26. The number of hydrogen-bond donors (Lipinski definition) is 1. The quantitative estimate of drug-likeness (QED) is 0.117. The van der Waals surface area contributed by atoms with Crippen molar-refractivity contribution in [3.8, 4) is 11.5 Å². The smallest absolute Gasteiger partial charge is 0.410 e. The summed E-state index contributed by atoms with van der Waals surface area (Å²) in [6.07, 6.45) is 6.26. The highest BCUT2D eigenvalue weighted by atomic mass is 16.6. The van der Waals surface area contributed by atoms with E-state index in [1.807, 2.05) is 95.3 Å². The number of carbonyl (C=O) groups is 2. The van der Waals surface area contributed by atoms with Crippen molar-refractivity contribution >= 4 is 12.1 Å². The molecule has 1 aliphatic rings. The first-order valence-electron chi connectivity index (χ1n) is 19.0. The topological polar surface area (TPSA) is 86.3 Å². The lowest BCUT2D eigenvalue weighted by molar-refractivity contribution is 0.00435. The first kappa shape index (κ1) is 40.7. The number of esters is 1. The third-order valence-electron chi connectivity index (χ3n) is 9.18. The predicted molar refractivity (Wildman–Crippen MR) is 208 cm³/mol. The van der Waals surface area contributed by atoms with Gasteiger partial charge in [0.1, 0.15) is 30.3 Å². The molecule has 0 atom stereocenters. The maximum atomic E-state index is 13.4. The van der Waals surface area contributed by atoms with Crippen LogP contribution in [0.2, 0.25) is 0 Å². The van der Waals surface area contributed by atoms with Crippen LogP contribution in [0.3, 0.4) is 0 Å². The lowest BCUT2D eigenvalue weighted by Gasteiger charge is -2.34. The van der Waals surface area contributed by atoms with E-state index in [2.05, 4.69) is 38.2 Å². The molecule has 1 fully saturated rings. The normalized spacial score (nSPS) is 14.1. The van der Waals surface area contributed by atoms with E-state index in [9.17, 15) is 9.59 Å². The van der Waals surface area contributed by atoms with E-state index in [0.29, 0.717) is 31.9 Å². The van der Waals surface area contributed by atoms with Gasteiger partial charge in [-0.25, -0.2) is 9.59 Å². The lowest BCUT2D eigenvalue weighted by Crippen LogP contribution is -2.43. The van der Waals surface area contributed by atoms with E-state index < -0.39 is 17.1 Å². The molecule has 0 spiro atoms. The molecule has 1 amide bonds. The summed E-state index contributed by atoms with van der Waals surface area (Å²) in [5.74, 6) is 1.93. The molecule has 1 saturated carbocycles. The van der Waals surface area contributed by atoms with Crippen molar-refractivity contribution in [2.24, 2.45) is 11.3 Å². The molecule has 3 aromatic carbocycles. The fourth-order valence-electron chi connectivity index (χ4n) is 6.27. The summed E-state index contributed by atoms with van der Waals surface area (Å²) in [6, 6.07) is 23.5. The van der Waals surface area contributed by atoms with E-state index in [1.165, 1.54) is 37.7 Å². The van der Waals surface area contributed by atoms with E-state index in [1.54, 1.807) is 4.90 Å². The second-order valence-electron chi connectivity index (χ2n) is 17.0. The molecule has 4 rings (SSSR count). The Labute approximate surface area is 312 Å². The zero-order valence-electron chi connectivity index (χ0n) is 32.9. The van der Waals surface area contributed by atoms with Crippen LogP contribution in [0.4, 0.5) is 4.79 Å². The second kappa shape index (κ2) is 18.6. The number of hydrogen-bond acceptors (Lipinski definition) is 7. The molecular formula is C44H62N2O6. The van der Waals surface area contributed by atoms with Crippen molar-refractivity contribution in [3.63, 3.8) is 0 Å². The molecule has 1 N–H and O–H groups in total. The zero-order valence-corrected chi connectivity index (χ0v) is 32.9. The minimum Gasteiger partial charge on any atom is -0.490 e. The highest BCUT2D eigenvalue weighted by molar-refractivity contribution is 5.89. The van der Waals surface area contributed by atoms with Crippen LogP contribution in [-0.2, 0) is 28.0 Å². The number of amides is 1. The molecule has 284 valence electrons. The molecule has 0 heterocycles. The Morgan fingerprint density at radius 3 is 1.85 bits per heavy atom. The molecule has 3 aromatic rings. The molecule has 0 aromatic heterocycles. The Kier molecular flexibility index (Phi) is 14.6. The Balaban J connectivity index is 1.26. The van der Waals surface area contributed by atoms with Crippen molar-refractivity contribution in [3.05, 3.63) is 95.1 Å². The van der Waals surface area contributed by atoms with Gasteiger partial charge in [0.05, 0.1) is 12.2 Å². The number of carbonyl (C=O) groups excluding carboxylic acids is 2. The third-order valence-corrected chi connectivity index (χ3v) is 9.18. The summed E-state index contributed by atoms with van der Waals surface area (Å²) in [6.45, 7) is 19.5. The van der Waals surface area contributed by atoms with Gasteiger partial charge in [0.15, 0.2) is 0 Å². The van der Waals surface area contributed by atoms with Gasteiger partial charge in [0, 0.05) is 25.0 Å². The van der Waals surface area contributed by atoms with Gasteiger partial charge < -0.3 is 29.2 Å². The van der Waals surface area contributed by atoms with Gasteiger partial charge in [-0.1, -0.05) is 90.3 Å². The molecule has 0 aliphatic heterocycles. The van der Waals surface area contributed by atoms with E-state index >= 15 is 0 Å². The molecule has 1 aliphatic carbocycles. The zero-order chi connectivity index (χ0) is 37.8. The maximum absolute atomic E-state index is 13.4. The van der Waals surface area contributed by atoms with E-state index in [-0.39, 0.29) is 18.0 Å². The van der Waals surface area contributed by atoms with E-state index in [4.69, 9.17) is 18.9 Å². The maximum Gasteiger partial charge on any atom is 0.410 e. The average Bonchev–Trinajstić information content (AvgIpc) is 3.09. The predicted octanol–water partition coefficient (Wildman–Crippen LogP) is 9.73. The molecule has 8 nitrogen and oxygen atoms in total. The average molecular weight is 715 g/mol. The van der Waals surface area contributed by atoms with Crippen molar-refractivity contribution in [1.29, 1.82) is 0 Å². The van der Waals surface area contributed by atoms with Crippen molar-refractivity contribution in [1.82, 2.24) is 10.2 Å². The van der Waals surface area contributed by atoms with Crippen molar-refractivity contribution < 1.29 is 28.5 Å². The lowest BCUT2D eigenvalue weighted by atomic mass is 9.87. The summed E-state index contributed by atoms with van der Waals surface area (Å²) in [4.78, 5) is 28.0. The van der Waals surface area contributed by atoms with Crippen molar-refractivity contribution in [2.75, 3.05) is 32.9 Å². The Bertz CT molecular complexity index is 1530. The van der Waals surface area contributed by atoms with Crippen LogP contribution in [-0.4, -0.2) is 55.5 Å². The fraction of sp³-hybridized carbons (Fsp3) is 0.545. The van der Waals surface area contributed by atoms with Crippen molar-refractivity contribution in [2.45, 2.75) is 112 Å².